The Hall–Kier alpha value is -2.81. The standard InChI is InChI=1S/C14H15N7OS/c22-13(19-14-20-16-10-23-14)18-12(11-4-2-1-3-5-11)6-7-21-9-15-8-17-21/h1-5,8-10,12H,6-7H2,(H2,18,19,20,22). The van der Waals surface area contributed by atoms with Crippen molar-refractivity contribution in [1.82, 2.24) is 30.3 Å². The van der Waals surface area contributed by atoms with Gasteiger partial charge in [-0.25, -0.2) is 9.78 Å². The fraction of sp³-hybridized carbons (Fsp3) is 0.214. The van der Waals surface area contributed by atoms with Gasteiger partial charge in [0, 0.05) is 6.54 Å². The summed E-state index contributed by atoms with van der Waals surface area (Å²) in [5.41, 5.74) is 2.59. The number of hydrogen-bond acceptors (Lipinski definition) is 6. The van der Waals surface area contributed by atoms with Gasteiger partial charge in [-0.3, -0.25) is 10.00 Å². The average Bonchev–Trinajstić information content (AvgIpc) is 3.26. The maximum Gasteiger partial charge on any atom is 0.321 e. The Morgan fingerprint density at radius 3 is 2.87 bits per heavy atom. The molecule has 8 nitrogen and oxygen atoms in total. The van der Waals surface area contributed by atoms with E-state index in [9.17, 15) is 4.79 Å². The summed E-state index contributed by atoms with van der Waals surface area (Å²) in [7, 11) is 0. The molecule has 0 saturated heterocycles. The van der Waals surface area contributed by atoms with Crippen molar-refractivity contribution in [3.8, 4) is 0 Å². The maximum atomic E-state index is 12.1. The van der Waals surface area contributed by atoms with Crippen molar-refractivity contribution in [3.63, 3.8) is 0 Å². The first-order valence-electron chi connectivity index (χ1n) is 7.02. The Morgan fingerprint density at radius 2 is 2.17 bits per heavy atom. The lowest BCUT2D eigenvalue weighted by molar-refractivity contribution is 0.247. The predicted molar refractivity (Wildman–Crippen MR) is 85.9 cm³/mol. The first-order valence-corrected chi connectivity index (χ1v) is 7.90. The van der Waals surface area contributed by atoms with Crippen LogP contribution in [0.15, 0.2) is 48.5 Å². The minimum atomic E-state index is -0.311. The van der Waals surface area contributed by atoms with Crippen molar-refractivity contribution in [2.45, 2.75) is 19.0 Å². The summed E-state index contributed by atoms with van der Waals surface area (Å²) in [5.74, 6) is 0. The van der Waals surface area contributed by atoms with E-state index in [0.29, 0.717) is 18.1 Å². The molecule has 1 unspecified atom stereocenters. The summed E-state index contributed by atoms with van der Waals surface area (Å²) in [6.45, 7) is 0.651. The van der Waals surface area contributed by atoms with Crippen molar-refractivity contribution < 1.29 is 4.79 Å². The number of aryl methyl sites for hydroxylation is 1. The third-order valence-corrected chi connectivity index (χ3v) is 3.81. The zero-order chi connectivity index (χ0) is 15.9. The molecule has 1 atom stereocenters. The van der Waals surface area contributed by atoms with Crippen LogP contribution in [0.25, 0.3) is 0 Å². The summed E-state index contributed by atoms with van der Waals surface area (Å²) in [4.78, 5) is 16.1. The van der Waals surface area contributed by atoms with Crippen LogP contribution in [0.5, 0.6) is 0 Å². The third kappa shape index (κ3) is 4.33. The highest BCUT2D eigenvalue weighted by atomic mass is 32.1. The number of carbonyl (C=O) groups excluding carboxylic acids is 1. The average molecular weight is 329 g/mol. The van der Waals surface area contributed by atoms with Gasteiger partial charge in [-0.2, -0.15) is 5.10 Å². The second kappa shape index (κ2) is 7.45. The van der Waals surface area contributed by atoms with Gasteiger partial charge in [0.2, 0.25) is 5.13 Å². The summed E-state index contributed by atoms with van der Waals surface area (Å²) in [6.07, 6.45) is 3.84. The van der Waals surface area contributed by atoms with Gasteiger partial charge in [0.25, 0.3) is 0 Å². The van der Waals surface area contributed by atoms with Crippen LogP contribution in [-0.4, -0.2) is 31.0 Å². The molecule has 2 aromatic heterocycles. The molecule has 23 heavy (non-hydrogen) atoms. The molecule has 0 aliphatic carbocycles. The highest BCUT2D eigenvalue weighted by Gasteiger charge is 2.15. The zero-order valence-corrected chi connectivity index (χ0v) is 13.0. The number of benzene rings is 1. The first-order chi connectivity index (χ1) is 11.3. The molecule has 0 aliphatic rings. The molecule has 0 fully saturated rings. The fourth-order valence-electron chi connectivity index (χ4n) is 2.14. The highest BCUT2D eigenvalue weighted by molar-refractivity contribution is 7.13. The number of amides is 2. The minimum absolute atomic E-state index is 0.145. The molecular formula is C14H15N7OS. The molecule has 1 aromatic carbocycles. The zero-order valence-electron chi connectivity index (χ0n) is 12.2. The van der Waals surface area contributed by atoms with Crippen LogP contribution in [0.3, 0.4) is 0 Å². The van der Waals surface area contributed by atoms with Gasteiger partial charge in [0.1, 0.15) is 18.2 Å². The number of aromatic nitrogens is 5. The van der Waals surface area contributed by atoms with Crippen LogP contribution in [0.1, 0.15) is 18.0 Å². The molecule has 0 radical (unpaired) electrons. The second-order valence-electron chi connectivity index (χ2n) is 4.75. The third-order valence-electron chi connectivity index (χ3n) is 3.20. The van der Waals surface area contributed by atoms with Crippen LogP contribution in [0.4, 0.5) is 9.93 Å². The second-order valence-corrected chi connectivity index (χ2v) is 5.59. The van der Waals surface area contributed by atoms with Crippen LogP contribution >= 0.6 is 11.3 Å². The van der Waals surface area contributed by atoms with E-state index in [4.69, 9.17) is 0 Å². The number of anilines is 1. The molecule has 2 heterocycles. The van der Waals surface area contributed by atoms with Crippen LogP contribution in [0, 0.1) is 0 Å². The summed E-state index contributed by atoms with van der Waals surface area (Å²) in [5, 5.41) is 17.7. The fourth-order valence-corrected chi connectivity index (χ4v) is 2.58. The highest BCUT2D eigenvalue weighted by Crippen LogP contribution is 2.18. The Balaban J connectivity index is 1.65. The number of rotatable bonds is 6. The van der Waals surface area contributed by atoms with E-state index in [0.717, 1.165) is 5.56 Å². The topological polar surface area (TPSA) is 97.6 Å². The molecule has 118 valence electrons. The van der Waals surface area contributed by atoms with Crippen LogP contribution < -0.4 is 10.6 Å². The molecule has 0 spiro atoms. The van der Waals surface area contributed by atoms with Crippen molar-refractivity contribution in [2.75, 3.05) is 5.32 Å². The number of urea groups is 1. The van der Waals surface area contributed by atoms with E-state index in [1.165, 1.54) is 17.7 Å². The summed E-state index contributed by atoms with van der Waals surface area (Å²) < 4.78 is 1.74. The number of carbonyl (C=O) groups is 1. The van der Waals surface area contributed by atoms with Crippen molar-refractivity contribution in [2.24, 2.45) is 0 Å². The molecule has 3 rings (SSSR count). The van der Waals surface area contributed by atoms with E-state index in [1.54, 1.807) is 16.5 Å². The van der Waals surface area contributed by atoms with Gasteiger partial charge in [-0.15, -0.1) is 10.2 Å². The molecule has 0 bridgehead atoms. The van der Waals surface area contributed by atoms with Gasteiger partial charge in [0.15, 0.2) is 0 Å². The van der Waals surface area contributed by atoms with Gasteiger partial charge in [-0.05, 0) is 12.0 Å². The maximum absolute atomic E-state index is 12.1. The molecular weight excluding hydrogens is 314 g/mol. The monoisotopic (exact) mass is 329 g/mol. The van der Waals surface area contributed by atoms with Gasteiger partial charge < -0.3 is 5.32 Å². The number of nitrogens with zero attached hydrogens (tertiary/aromatic N) is 5. The summed E-state index contributed by atoms with van der Waals surface area (Å²) >= 11 is 1.27. The normalized spacial score (nSPS) is 11.8. The Kier molecular flexibility index (Phi) is 4.89. The van der Waals surface area contributed by atoms with E-state index in [1.807, 2.05) is 30.3 Å². The Labute approximate surface area is 136 Å². The van der Waals surface area contributed by atoms with E-state index < -0.39 is 0 Å². The lowest BCUT2D eigenvalue weighted by Gasteiger charge is -2.19. The van der Waals surface area contributed by atoms with E-state index in [2.05, 4.69) is 30.9 Å². The molecule has 0 aliphatic heterocycles. The van der Waals surface area contributed by atoms with E-state index >= 15 is 0 Å². The minimum Gasteiger partial charge on any atom is -0.331 e. The quantitative estimate of drug-likeness (QED) is 0.721. The largest absolute Gasteiger partial charge is 0.331 e. The van der Waals surface area contributed by atoms with Gasteiger partial charge in [-0.1, -0.05) is 41.7 Å². The lowest BCUT2D eigenvalue weighted by atomic mass is 10.0. The molecule has 3 aromatic rings. The lowest BCUT2D eigenvalue weighted by Crippen LogP contribution is -2.33. The van der Waals surface area contributed by atoms with E-state index in [-0.39, 0.29) is 12.1 Å². The van der Waals surface area contributed by atoms with Crippen molar-refractivity contribution in [3.05, 3.63) is 54.1 Å². The van der Waals surface area contributed by atoms with Gasteiger partial charge >= 0.3 is 6.03 Å². The molecule has 2 N–H and O–H groups in total. The van der Waals surface area contributed by atoms with Crippen LogP contribution in [0.2, 0.25) is 0 Å². The molecule has 9 heteroatoms. The number of nitrogens with one attached hydrogen (secondary N) is 2. The Morgan fingerprint density at radius 1 is 1.30 bits per heavy atom. The molecule has 0 saturated carbocycles. The Bertz CT molecular complexity index is 715. The van der Waals surface area contributed by atoms with Gasteiger partial charge in [0.05, 0.1) is 6.04 Å². The SMILES string of the molecule is O=C(Nc1nncs1)NC(CCn1cncn1)c1ccccc1. The first kappa shape index (κ1) is 15.1. The van der Waals surface area contributed by atoms with Crippen molar-refractivity contribution in [1.29, 1.82) is 0 Å². The predicted octanol–water partition coefficient (Wildman–Crippen LogP) is 2.08. The number of hydrogen-bond donors (Lipinski definition) is 2. The molecule has 2 amide bonds. The summed E-state index contributed by atoms with van der Waals surface area (Å²) in [6, 6.07) is 9.35. The van der Waals surface area contributed by atoms with Crippen molar-refractivity contribution >= 4 is 22.5 Å². The smallest absolute Gasteiger partial charge is 0.321 e. The van der Waals surface area contributed by atoms with Crippen LogP contribution in [-0.2, 0) is 6.54 Å².